The molecule has 0 fully saturated rings. The molecule has 2 aromatic heterocycles. The lowest BCUT2D eigenvalue weighted by Gasteiger charge is -2.03. The molecule has 0 bridgehead atoms. The molecule has 17 heavy (non-hydrogen) atoms. The zero-order chi connectivity index (χ0) is 12.4. The molecule has 0 aromatic carbocycles. The van der Waals surface area contributed by atoms with Crippen LogP contribution in [0, 0.1) is 6.92 Å². The Balaban J connectivity index is 2.22. The van der Waals surface area contributed by atoms with Gasteiger partial charge < -0.3 is 15.6 Å². The molecule has 0 atom stereocenters. The van der Waals surface area contributed by atoms with Crippen LogP contribution in [-0.2, 0) is 0 Å². The molecule has 0 saturated heterocycles. The number of anilines is 2. The SMILES string of the molecule is Cc1cc(NC(=O)c2cc(N)cnc2Cl)no1. The molecule has 2 heterocycles. The van der Waals surface area contributed by atoms with E-state index in [0.29, 0.717) is 17.3 Å². The number of carbonyl (C=O) groups excluding carboxylic acids is 1. The minimum absolute atomic E-state index is 0.0805. The van der Waals surface area contributed by atoms with Gasteiger partial charge in [-0.25, -0.2) is 4.98 Å². The van der Waals surface area contributed by atoms with Gasteiger partial charge in [-0.15, -0.1) is 0 Å². The predicted octanol–water partition coefficient (Wildman–Crippen LogP) is 1.87. The lowest BCUT2D eigenvalue weighted by Crippen LogP contribution is -2.13. The van der Waals surface area contributed by atoms with Crippen molar-refractivity contribution >= 4 is 29.0 Å². The number of nitrogens with one attached hydrogen (secondary N) is 1. The average molecular weight is 253 g/mol. The highest BCUT2D eigenvalue weighted by molar-refractivity contribution is 6.33. The molecule has 88 valence electrons. The molecule has 0 saturated carbocycles. The zero-order valence-electron chi connectivity index (χ0n) is 8.90. The molecule has 2 aromatic rings. The van der Waals surface area contributed by atoms with Gasteiger partial charge in [0, 0.05) is 6.07 Å². The highest BCUT2D eigenvalue weighted by Gasteiger charge is 2.13. The number of hydrogen-bond acceptors (Lipinski definition) is 5. The fraction of sp³-hybridized carbons (Fsp3) is 0.100. The molecule has 0 aliphatic carbocycles. The van der Waals surface area contributed by atoms with Crippen LogP contribution in [0.1, 0.15) is 16.1 Å². The van der Waals surface area contributed by atoms with Crippen molar-refractivity contribution in [2.75, 3.05) is 11.1 Å². The van der Waals surface area contributed by atoms with Gasteiger partial charge in [0.1, 0.15) is 10.9 Å². The Kier molecular flexibility index (Phi) is 2.97. The van der Waals surface area contributed by atoms with E-state index in [2.05, 4.69) is 15.5 Å². The first-order chi connectivity index (χ1) is 8.06. The van der Waals surface area contributed by atoms with Crippen LogP contribution in [0.15, 0.2) is 22.9 Å². The van der Waals surface area contributed by atoms with Gasteiger partial charge in [0.15, 0.2) is 5.82 Å². The zero-order valence-corrected chi connectivity index (χ0v) is 9.65. The lowest BCUT2D eigenvalue weighted by molar-refractivity contribution is 0.102. The third kappa shape index (κ3) is 2.54. The number of halogens is 1. The third-order valence-corrected chi connectivity index (χ3v) is 2.28. The van der Waals surface area contributed by atoms with Crippen molar-refractivity contribution in [3.8, 4) is 0 Å². The Morgan fingerprint density at radius 3 is 2.94 bits per heavy atom. The van der Waals surface area contributed by atoms with Crippen LogP contribution in [-0.4, -0.2) is 16.0 Å². The molecular weight excluding hydrogens is 244 g/mol. The van der Waals surface area contributed by atoms with Gasteiger partial charge in [-0.1, -0.05) is 16.8 Å². The average Bonchev–Trinajstić information content (AvgIpc) is 2.67. The molecule has 2 rings (SSSR count). The maximum absolute atomic E-state index is 11.8. The first kappa shape index (κ1) is 11.4. The van der Waals surface area contributed by atoms with Gasteiger partial charge in [-0.05, 0) is 13.0 Å². The summed E-state index contributed by atoms with van der Waals surface area (Å²) in [6, 6.07) is 3.03. The van der Waals surface area contributed by atoms with Gasteiger partial charge in [-0.2, -0.15) is 0 Å². The van der Waals surface area contributed by atoms with E-state index >= 15 is 0 Å². The van der Waals surface area contributed by atoms with E-state index in [1.165, 1.54) is 12.3 Å². The normalized spacial score (nSPS) is 10.2. The number of hydrogen-bond donors (Lipinski definition) is 2. The molecule has 0 spiro atoms. The number of nitrogen functional groups attached to an aromatic ring is 1. The number of amides is 1. The third-order valence-electron chi connectivity index (χ3n) is 1.97. The van der Waals surface area contributed by atoms with E-state index in [4.69, 9.17) is 21.9 Å². The fourth-order valence-electron chi connectivity index (χ4n) is 1.23. The first-order valence-electron chi connectivity index (χ1n) is 4.72. The Labute approximate surface area is 102 Å². The maximum atomic E-state index is 11.8. The highest BCUT2D eigenvalue weighted by Crippen LogP contribution is 2.17. The number of aryl methyl sites for hydroxylation is 1. The topological polar surface area (TPSA) is 94.0 Å². The van der Waals surface area contributed by atoms with E-state index in [1.54, 1.807) is 13.0 Å². The molecule has 0 unspecified atom stereocenters. The van der Waals surface area contributed by atoms with Crippen molar-refractivity contribution < 1.29 is 9.32 Å². The van der Waals surface area contributed by atoms with Gasteiger partial charge in [0.25, 0.3) is 5.91 Å². The molecular formula is C10H9ClN4O2. The van der Waals surface area contributed by atoms with Gasteiger partial charge in [0.05, 0.1) is 17.4 Å². The fourth-order valence-corrected chi connectivity index (χ4v) is 1.42. The van der Waals surface area contributed by atoms with Crippen molar-refractivity contribution in [2.45, 2.75) is 6.92 Å². The Morgan fingerprint density at radius 1 is 1.53 bits per heavy atom. The smallest absolute Gasteiger partial charge is 0.260 e. The van der Waals surface area contributed by atoms with Crippen LogP contribution < -0.4 is 11.1 Å². The summed E-state index contributed by atoms with van der Waals surface area (Å²) in [6.07, 6.45) is 1.37. The number of aromatic nitrogens is 2. The predicted molar refractivity (Wildman–Crippen MR) is 62.9 cm³/mol. The quantitative estimate of drug-likeness (QED) is 0.796. The van der Waals surface area contributed by atoms with Crippen LogP contribution in [0.25, 0.3) is 0 Å². The number of carbonyl (C=O) groups is 1. The number of pyridine rings is 1. The van der Waals surface area contributed by atoms with Crippen molar-refractivity contribution in [1.29, 1.82) is 0 Å². The van der Waals surface area contributed by atoms with Crippen LogP contribution in [0.5, 0.6) is 0 Å². The number of nitrogens with zero attached hydrogens (tertiary/aromatic N) is 2. The second kappa shape index (κ2) is 4.42. The minimum atomic E-state index is -0.442. The van der Waals surface area contributed by atoms with E-state index in [0.717, 1.165) is 0 Å². The molecule has 0 radical (unpaired) electrons. The summed E-state index contributed by atoms with van der Waals surface area (Å²) < 4.78 is 4.82. The van der Waals surface area contributed by atoms with Crippen molar-refractivity contribution in [3.63, 3.8) is 0 Å². The second-order valence-corrected chi connectivity index (χ2v) is 3.74. The Morgan fingerprint density at radius 2 is 2.29 bits per heavy atom. The summed E-state index contributed by atoms with van der Waals surface area (Å²) in [6.45, 7) is 1.72. The van der Waals surface area contributed by atoms with E-state index in [-0.39, 0.29) is 10.7 Å². The molecule has 6 nitrogen and oxygen atoms in total. The van der Waals surface area contributed by atoms with Crippen LogP contribution in [0.2, 0.25) is 5.15 Å². The largest absolute Gasteiger partial charge is 0.397 e. The van der Waals surface area contributed by atoms with Crippen LogP contribution >= 0.6 is 11.6 Å². The van der Waals surface area contributed by atoms with Crippen molar-refractivity contribution in [1.82, 2.24) is 10.1 Å². The van der Waals surface area contributed by atoms with E-state index < -0.39 is 5.91 Å². The standard InChI is InChI=1S/C10H9ClN4O2/c1-5-2-8(15-17-5)14-10(16)7-3-6(12)4-13-9(7)11/h2-4H,12H2,1H3,(H,14,15,16). The summed E-state index contributed by atoms with van der Waals surface area (Å²) in [7, 11) is 0. The summed E-state index contributed by atoms with van der Waals surface area (Å²) in [5, 5.41) is 6.24. The Bertz CT molecular complexity index is 567. The summed E-state index contributed by atoms with van der Waals surface area (Å²) >= 11 is 5.79. The van der Waals surface area contributed by atoms with Crippen LogP contribution in [0.3, 0.4) is 0 Å². The first-order valence-corrected chi connectivity index (χ1v) is 5.10. The summed E-state index contributed by atoms with van der Waals surface area (Å²) in [5.74, 6) is 0.464. The van der Waals surface area contributed by atoms with Crippen molar-refractivity contribution in [2.24, 2.45) is 0 Å². The number of rotatable bonds is 2. The molecule has 3 N–H and O–H groups in total. The second-order valence-electron chi connectivity index (χ2n) is 3.38. The van der Waals surface area contributed by atoms with Crippen molar-refractivity contribution in [3.05, 3.63) is 34.8 Å². The highest BCUT2D eigenvalue weighted by atomic mass is 35.5. The van der Waals surface area contributed by atoms with Crippen LogP contribution in [0.4, 0.5) is 11.5 Å². The maximum Gasteiger partial charge on any atom is 0.260 e. The van der Waals surface area contributed by atoms with E-state index in [1.807, 2.05) is 0 Å². The van der Waals surface area contributed by atoms with Gasteiger partial charge in [-0.3, -0.25) is 4.79 Å². The lowest BCUT2D eigenvalue weighted by atomic mass is 10.2. The van der Waals surface area contributed by atoms with E-state index in [9.17, 15) is 4.79 Å². The van der Waals surface area contributed by atoms with Gasteiger partial charge >= 0.3 is 0 Å². The minimum Gasteiger partial charge on any atom is -0.397 e. The molecule has 7 heteroatoms. The number of nitrogens with two attached hydrogens (primary N) is 1. The monoisotopic (exact) mass is 252 g/mol. The molecule has 1 amide bonds. The molecule has 0 aliphatic rings. The summed E-state index contributed by atoms with van der Waals surface area (Å²) in [4.78, 5) is 15.6. The van der Waals surface area contributed by atoms with Gasteiger partial charge in [0.2, 0.25) is 0 Å². The Hall–Kier alpha value is -2.08. The molecule has 0 aliphatic heterocycles. The summed E-state index contributed by atoms with van der Waals surface area (Å²) in [5.41, 5.74) is 6.07.